The van der Waals surface area contributed by atoms with Crippen molar-refractivity contribution in [3.05, 3.63) is 66.0 Å². The minimum atomic E-state index is 0.137. The van der Waals surface area contributed by atoms with E-state index < -0.39 is 0 Å². The van der Waals surface area contributed by atoms with Gasteiger partial charge >= 0.3 is 0 Å². The molecule has 132 valence electrons. The van der Waals surface area contributed by atoms with E-state index >= 15 is 0 Å². The van der Waals surface area contributed by atoms with Crippen molar-refractivity contribution in [1.82, 2.24) is 19.6 Å². The zero-order valence-electron chi connectivity index (χ0n) is 14.9. The van der Waals surface area contributed by atoms with Crippen molar-refractivity contribution < 1.29 is 4.79 Å². The molecule has 1 aromatic heterocycles. The smallest absolute Gasteiger partial charge is 0.253 e. The molecule has 2 heterocycles. The van der Waals surface area contributed by atoms with Crippen LogP contribution in [-0.4, -0.2) is 51.7 Å². The van der Waals surface area contributed by atoms with Crippen LogP contribution in [0.2, 0.25) is 0 Å². The lowest BCUT2D eigenvalue weighted by Gasteiger charge is -2.22. The Hall–Kier alpha value is -2.40. The lowest BCUT2D eigenvalue weighted by molar-refractivity contribution is 0.0761. The molecule has 1 fully saturated rings. The SMILES string of the molecule is C=CCn1ncc(CN2CCCN(C(=O)c3ccccc3)CC2)c1C. The molecule has 5 nitrogen and oxygen atoms in total. The van der Waals surface area contributed by atoms with E-state index in [0.29, 0.717) is 0 Å². The molecule has 0 spiro atoms. The zero-order valence-corrected chi connectivity index (χ0v) is 14.9. The van der Waals surface area contributed by atoms with Crippen molar-refractivity contribution in [3.63, 3.8) is 0 Å². The Morgan fingerprint density at radius 2 is 2.00 bits per heavy atom. The van der Waals surface area contributed by atoms with Crippen LogP contribution >= 0.6 is 0 Å². The summed E-state index contributed by atoms with van der Waals surface area (Å²) in [4.78, 5) is 17.0. The van der Waals surface area contributed by atoms with E-state index in [2.05, 4.69) is 23.5 Å². The average molecular weight is 338 g/mol. The van der Waals surface area contributed by atoms with Gasteiger partial charge in [0.2, 0.25) is 0 Å². The zero-order chi connectivity index (χ0) is 17.6. The van der Waals surface area contributed by atoms with E-state index in [1.807, 2.05) is 52.2 Å². The molecule has 3 rings (SSSR count). The van der Waals surface area contributed by atoms with Crippen LogP contribution in [0.25, 0.3) is 0 Å². The highest BCUT2D eigenvalue weighted by atomic mass is 16.2. The van der Waals surface area contributed by atoms with E-state index in [4.69, 9.17) is 0 Å². The number of carbonyl (C=O) groups is 1. The van der Waals surface area contributed by atoms with Crippen LogP contribution in [0.3, 0.4) is 0 Å². The molecule has 1 saturated heterocycles. The van der Waals surface area contributed by atoms with Gasteiger partial charge in [0.25, 0.3) is 5.91 Å². The average Bonchev–Trinajstić information content (AvgIpc) is 2.85. The molecule has 0 N–H and O–H groups in total. The molecule has 0 aliphatic carbocycles. The van der Waals surface area contributed by atoms with Crippen LogP contribution in [0.15, 0.2) is 49.2 Å². The number of nitrogens with zero attached hydrogens (tertiary/aromatic N) is 4. The minimum Gasteiger partial charge on any atom is -0.337 e. The van der Waals surface area contributed by atoms with Gasteiger partial charge in [-0.3, -0.25) is 14.4 Å². The highest BCUT2D eigenvalue weighted by Crippen LogP contribution is 2.14. The molecule has 1 amide bonds. The van der Waals surface area contributed by atoms with Crippen LogP contribution in [-0.2, 0) is 13.1 Å². The van der Waals surface area contributed by atoms with Crippen LogP contribution in [0.4, 0.5) is 0 Å². The summed E-state index contributed by atoms with van der Waals surface area (Å²) in [6.07, 6.45) is 4.82. The minimum absolute atomic E-state index is 0.137. The topological polar surface area (TPSA) is 41.4 Å². The summed E-state index contributed by atoms with van der Waals surface area (Å²) in [5, 5.41) is 4.43. The quantitative estimate of drug-likeness (QED) is 0.787. The number of carbonyl (C=O) groups excluding carboxylic acids is 1. The fourth-order valence-electron chi connectivity index (χ4n) is 3.28. The number of rotatable bonds is 5. The monoisotopic (exact) mass is 338 g/mol. The highest BCUT2D eigenvalue weighted by molar-refractivity contribution is 5.94. The third-order valence-corrected chi connectivity index (χ3v) is 4.80. The summed E-state index contributed by atoms with van der Waals surface area (Å²) in [7, 11) is 0. The number of allylic oxidation sites excluding steroid dienone is 1. The normalized spacial score (nSPS) is 15.8. The summed E-state index contributed by atoms with van der Waals surface area (Å²) in [6.45, 7) is 11.0. The fourth-order valence-corrected chi connectivity index (χ4v) is 3.28. The Morgan fingerprint density at radius 1 is 1.20 bits per heavy atom. The Morgan fingerprint density at radius 3 is 2.76 bits per heavy atom. The summed E-state index contributed by atoms with van der Waals surface area (Å²) < 4.78 is 1.98. The van der Waals surface area contributed by atoms with Crippen molar-refractivity contribution in [3.8, 4) is 0 Å². The number of hydrogen-bond donors (Lipinski definition) is 0. The van der Waals surface area contributed by atoms with Gasteiger partial charge in [-0.15, -0.1) is 6.58 Å². The number of aromatic nitrogens is 2. The molecule has 1 aliphatic heterocycles. The fraction of sp³-hybridized carbons (Fsp3) is 0.400. The number of hydrogen-bond acceptors (Lipinski definition) is 3. The first-order valence-electron chi connectivity index (χ1n) is 8.88. The molecule has 2 aromatic rings. The third kappa shape index (κ3) is 4.17. The number of benzene rings is 1. The predicted octanol–water partition coefficient (Wildman–Crippen LogP) is 2.73. The van der Waals surface area contributed by atoms with Crippen LogP contribution in [0, 0.1) is 6.92 Å². The van der Waals surface area contributed by atoms with Crippen LogP contribution in [0.1, 0.15) is 28.0 Å². The largest absolute Gasteiger partial charge is 0.337 e. The molecule has 25 heavy (non-hydrogen) atoms. The molecular formula is C20H26N4O. The summed E-state index contributed by atoms with van der Waals surface area (Å²) >= 11 is 0. The maximum absolute atomic E-state index is 12.6. The lowest BCUT2D eigenvalue weighted by atomic mass is 10.2. The second kappa shape index (κ2) is 8.12. The van der Waals surface area contributed by atoms with Crippen molar-refractivity contribution in [2.75, 3.05) is 26.2 Å². The standard InChI is InChI=1S/C20H26N4O/c1-3-10-24-17(2)19(15-21-24)16-22-11-7-12-23(14-13-22)20(25)18-8-5-4-6-9-18/h3-6,8-9,15H,1,7,10-14,16H2,2H3. The van der Waals surface area contributed by atoms with Crippen molar-refractivity contribution >= 4 is 5.91 Å². The Kier molecular flexibility index (Phi) is 5.66. The molecule has 1 aliphatic rings. The van der Waals surface area contributed by atoms with Gasteiger partial charge in [0.1, 0.15) is 0 Å². The highest BCUT2D eigenvalue weighted by Gasteiger charge is 2.21. The van der Waals surface area contributed by atoms with Crippen molar-refractivity contribution in [2.45, 2.75) is 26.4 Å². The first-order chi connectivity index (χ1) is 12.2. The molecular weight excluding hydrogens is 312 g/mol. The van der Waals surface area contributed by atoms with E-state index in [1.54, 1.807) is 0 Å². The molecule has 0 radical (unpaired) electrons. The van der Waals surface area contributed by atoms with E-state index in [0.717, 1.165) is 51.3 Å². The Labute approximate surface area is 149 Å². The van der Waals surface area contributed by atoms with Crippen molar-refractivity contribution in [1.29, 1.82) is 0 Å². The molecule has 0 atom stereocenters. The lowest BCUT2D eigenvalue weighted by Crippen LogP contribution is -2.35. The van der Waals surface area contributed by atoms with Crippen LogP contribution < -0.4 is 0 Å². The molecule has 5 heteroatoms. The number of amides is 1. The first kappa shape index (κ1) is 17.4. The molecule has 0 saturated carbocycles. The van der Waals surface area contributed by atoms with Gasteiger partial charge in [0.05, 0.1) is 12.7 Å². The van der Waals surface area contributed by atoms with Gasteiger partial charge in [-0.25, -0.2) is 0 Å². The molecule has 0 unspecified atom stereocenters. The van der Waals surface area contributed by atoms with E-state index in [9.17, 15) is 4.79 Å². The van der Waals surface area contributed by atoms with Gasteiger partial charge < -0.3 is 4.90 Å². The van der Waals surface area contributed by atoms with Crippen molar-refractivity contribution in [2.24, 2.45) is 0 Å². The summed E-state index contributed by atoms with van der Waals surface area (Å²) in [5.74, 6) is 0.137. The second-order valence-electron chi connectivity index (χ2n) is 6.51. The van der Waals surface area contributed by atoms with Crippen LogP contribution in [0.5, 0.6) is 0 Å². The summed E-state index contributed by atoms with van der Waals surface area (Å²) in [5.41, 5.74) is 3.23. The van der Waals surface area contributed by atoms with E-state index in [1.165, 1.54) is 11.3 Å². The third-order valence-electron chi connectivity index (χ3n) is 4.80. The maximum Gasteiger partial charge on any atom is 0.253 e. The predicted molar refractivity (Wildman–Crippen MR) is 99.4 cm³/mol. The Balaban J connectivity index is 1.60. The van der Waals surface area contributed by atoms with Gasteiger partial charge in [-0.05, 0) is 25.5 Å². The van der Waals surface area contributed by atoms with E-state index in [-0.39, 0.29) is 5.91 Å². The molecule has 1 aromatic carbocycles. The first-order valence-corrected chi connectivity index (χ1v) is 8.88. The van der Waals surface area contributed by atoms with Gasteiger partial charge in [-0.2, -0.15) is 5.10 Å². The van der Waals surface area contributed by atoms with Gasteiger partial charge in [0, 0.05) is 49.5 Å². The maximum atomic E-state index is 12.6. The molecule has 0 bridgehead atoms. The summed E-state index contributed by atoms with van der Waals surface area (Å²) in [6, 6.07) is 9.56. The Bertz CT molecular complexity index is 723. The second-order valence-corrected chi connectivity index (χ2v) is 6.51. The van der Waals surface area contributed by atoms with Gasteiger partial charge in [0.15, 0.2) is 0 Å². The van der Waals surface area contributed by atoms with Gasteiger partial charge in [-0.1, -0.05) is 24.3 Å².